The first-order valence-electron chi connectivity index (χ1n) is 10.3. The lowest BCUT2D eigenvalue weighted by Crippen LogP contribution is -1.95. The fourth-order valence-electron chi connectivity index (χ4n) is 4.28. The van der Waals surface area contributed by atoms with Crippen molar-refractivity contribution in [3.05, 3.63) is 116 Å². The van der Waals surface area contributed by atoms with Gasteiger partial charge in [0.1, 0.15) is 0 Å². The van der Waals surface area contributed by atoms with Gasteiger partial charge in [-0.05, 0) is 48.5 Å². The minimum Gasteiger partial charge on any atom is -0.309 e. The molecule has 0 spiro atoms. The molecule has 0 aliphatic rings. The Balaban J connectivity index is 1.63. The summed E-state index contributed by atoms with van der Waals surface area (Å²) in [5.74, 6) is 0. The summed E-state index contributed by atoms with van der Waals surface area (Å²) in [7, 11) is 0. The van der Waals surface area contributed by atoms with Crippen LogP contribution >= 0.6 is 0 Å². The van der Waals surface area contributed by atoms with Gasteiger partial charge in [-0.15, -0.1) is 0 Å². The monoisotopic (exact) mass is 397 g/mol. The van der Waals surface area contributed by atoms with Crippen molar-refractivity contribution in [3.63, 3.8) is 0 Å². The van der Waals surface area contributed by atoms with Crippen molar-refractivity contribution in [1.29, 1.82) is 0 Å². The van der Waals surface area contributed by atoms with E-state index in [-0.39, 0.29) is 0 Å². The summed E-state index contributed by atoms with van der Waals surface area (Å²) in [6.45, 7) is 0. The summed E-state index contributed by atoms with van der Waals surface area (Å²) in [5, 5.41) is 2.48. The molecule has 6 rings (SSSR count). The molecule has 0 saturated carbocycles. The molecular weight excluding hydrogens is 378 g/mol. The summed E-state index contributed by atoms with van der Waals surface area (Å²) in [6.07, 6.45) is 3.67. The predicted molar refractivity (Wildman–Crippen MR) is 127 cm³/mol. The molecule has 0 unspecified atom stereocenters. The molecule has 3 aromatic carbocycles. The lowest BCUT2D eigenvalue weighted by atomic mass is 10.1. The summed E-state index contributed by atoms with van der Waals surface area (Å²) in [4.78, 5) is 9.08. The van der Waals surface area contributed by atoms with Crippen molar-refractivity contribution in [2.45, 2.75) is 0 Å². The number of pyridine rings is 2. The third-order valence-corrected chi connectivity index (χ3v) is 5.70. The average Bonchev–Trinajstić information content (AvgIpc) is 3.19. The molecule has 3 heteroatoms. The number of benzene rings is 3. The van der Waals surface area contributed by atoms with Crippen LogP contribution in [0, 0.1) is 0 Å². The molecule has 0 radical (unpaired) electrons. The van der Waals surface area contributed by atoms with Crippen molar-refractivity contribution >= 4 is 21.8 Å². The molecule has 0 amide bonds. The minimum atomic E-state index is 0.972. The van der Waals surface area contributed by atoms with Gasteiger partial charge in [0.05, 0.1) is 22.4 Å². The van der Waals surface area contributed by atoms with E-state index in [4.69, 9.17) is 0 Å². The van der Waals surface area contributed by atoms with Crippen LogP contribution in [0.2, 0.25) is 0 Å². The van der Waals surface area contributed by atoms with E-state index < -0.39 is 0 Å². The Hall–Kier alpha value is -4.24. The van der Waals surface area contributed by atoms with Crippen LogP contribution < -0.4 is 0 Å². The maximum atomic E-state index is 4.55. The number of para-hydroxylation sites is 1. The topological polar surface area (TPSA) is 30.7 Å². The molecule has 3 aromatic heterocycles. The van der Waals surface area contributed by atoms with Crippen LogP contribution in [0.1, 0.15) is 0 Å². The highest BCUT2D eigenvalue weighted by Gasteiger charge is 2.14. The van der Waals surface area contributed by atoms with Gasteiger partial charge in [0.2, 0.25) is 0 Å². The zero-order valence-corrected chi connectivity index (χ0v) is 16.8. The van der Waals surface area contributed by atoms with Crippen molar-refractivity contribution in [2.75, 3.05) is 0 Å². The third kappa shape index (κ3) is 2.99. The van der Waals surface area contributed by atoms with Gasteiger partial charge in [0.25, 0.3) is 0 Å². The zero-order valence-electron chi connectivity index (χ0n) is 16.8. The van der Waals surface area contributed by atoms with Crippen LogP contribution in [0.4, 0.5) is 0 Å². The van der Waals surface area contributed by atoms with E-state index in [0.29, 0.717) is 0 Å². The first-order chi connectivity index (χ1) is 15.4. The first kappa shape index (κ1) is 17.6. The zero-order chi connectivity index (χ0) is 20.6. The van der Waals surface area contributed by atoms with Crippen molar-refractivity contribution in [3.8, 4) is 28.2 Å². The van der Waals surface area contributed by atoms with Gasteiger partial charge in [0.15, 0.2) is 0 Å². The number of hydrogen-bond donors (Lipinski definition) is 0. The highest BCUT2D eigenvalue weighted by atomic mass is 15.0. The smallest absolute Gasteiger partial charge is 0.0702 e. The molecule has 146 valence electrons. The van der Waals surface area contributed by atoms with Crippen LogP contribution in [-0.4, -0.2) is 14.5 Å². The fraction of sp³-hybridized carbons (Fsp3) is 0. The first-order valence-corrected chi connectivity index (χ1v) is 10.3. The fourth-order valence-corrected chi connectivity index (χ4v) is 4.28. The van der Waals surface area contributed by atoms with Gasteiger partial charge in [-0.2, -0.15) is 0 Å². The van der Waals surface area contributed by atoms with Crippen molar-refractivity contribution in [2.24, 2.45) is 0 Å². The van der Waals surface area contributed by atoms with Crippen LogP contribution in [0.5, 0.6) is 0 Å². The second-order valence-electron chi connectivity index (χ2n) is 7.56. The van der Waals surface area contributed by atoms with E-state index in [1.54, 1.807) is 0 Å². The van der Waals surface area contributed by atoms with E-state index in [0.717, 1.165) is 28.2 Å². The van der Waals surface area contributed by atoms with E-state index >= 15 is 0 Å². The maximum Gasteiger partial charge on any atom is 0.0702 e. The molecule has 3 nitrogen and oxygen atoms in total. The van der Waals surface area contributed by atoms with Gasteiger partial charge in [0, 0.05) is 40.0 Å². The molecule has 6 aromatic rings. The highest BCUT2D eigenvalue weighted by Crippen LogP contribution is 2.35. The lowest BCUT2D eigenvalue weighted by molar-refractivity contribution is 1.18. The van der Waals surface area contributed by atoms with Gasteiger partial charge in [-0.3, -0.25) is 9.97 Å². The molecular formula is C28H19N3. The SMILES string of the molecule is c1ccc(-c2cccc(-n3c4ccccc4c4ccc(-c5ccccn5)cc43)c2)nc1. The second-order valence-corrected chi connectivity index (χ2v) is 7.56. The molecule has 0 atom stereocenters. The Morgan fingerprint density at radius 2 is 1.16 bits per heavy atom. The molecule has 0 aliphatic carbocycles. The molecule has 0 fully saturated rings. The number of aromatic nitrogens is 3. The normalized spacial score (nSPS) is 11.2. The summed E-state index contributed by atoms with van der Waals surface area (Å²) >= 11 is 0. The Morgan fingerprint density at radius 1 is 0.484 bits per heavy atom. The van der Waals surface area contributed by atoms with Crippen molar-refractivity contribution < 1.29 is 0 Å². The number of hydrogen-bond acceptors (Lipinski definition) is 2. The second kappa shape index (κ2) is 7.22. The van der Waals surface area contributed by atoms with Gasteiger partial charge in [-0.1, -0.05) is 54.6 Å². The average molecular weight is 397 g/mol. The van der Waals surface area contributed by atoms with Crippen LogP contribution in [0.3, 0.4) is 0 Å². The van der Waals surface area contributed by atoms with E-state index in [1.807, 2.05) is 42.7 Å². The molecule has 0 bridgehead atoms. The van der Waals surface area contributed by atoms with Crippen LogP contribution in [-0.2, 0) is 0 Å². The molecule has 0 aliphatic heterocycles. The lowest BCUT2D eigenvalue weighted by Gasteiger charge is -2.10. The number of fused-ring (bicyclic) bond motifs is 3. The van der Waals surface area contributed by atoms with E-state index in [2.05, 4.69) is 87.3 Å². The minimum absolute atomic E-state index is 0.972. The van der Waals surface area contributed by atoms with Crippen molar-refractivity contribution in [1.82, 2.24) is 14.5 Å². The third-order valence-electron chi connectivity index (χ3n) is 5.70. The summed E-state index contributed by atoms with van der Waals surface area (Å²) in [5.41, 5.74) is 7.63. The number of rotatable bonds is 3. The Kier molecular flexibility index (Phi) is 4.10. The standard InChI is InChI=1S/C28H19N3/c1-2-13-27-23(10-1)24-15-14-21(26-12-4-6-17-30-26)19-28(24)31(27)22-9-7-8-20(18-22)25-11-3-5-16-29-25/h1-19H. The Bertz CT molecular complexity index is 1520. The van der Waals surface area contributed by atoms with Crippen LogP contribution in [0.25, 0.3) is 50.0 Å². The Morgan fingerprint density at radius 3 is 1.90 bits per heavy atom. The quantitative estimate of drug-likeness (QED) is 0.325. The summed E-state index contributed by atoms with van der Waals surface area (Å²) < 4.78 is 2.34. The molecule has 31 heavy (non-hydrogen) atoms. The highest BCUT2D eigenvalue weighted by molar-refractivity contribution is 6.10. The van der Waals surface area contributed by atoms with E-state index in [1.165, 1.54) is 21.8 Å². The molecule has 0 saturated heterocycles. The molecule has 3 heterocycles. The van der Waals surface area contributed by atoms with E-state index in [9.17, 15) is 0 Å². The summed E-state index contributed by atoms with van der Waals surface area (Å²) in [6, 6.07) is 35.8. The Labute approximate surface area is 180 Å². The van der Waals surface area contributed by atoms with Gasteiger partial charge < -0.3 is 4.57 Å². The predicted octanol–water partition coefficient (Wildman–Crippen LogP) is 6.91. The van der Waals surface area contributed by atoms with Gasteiger partial charge in [-0.25, -0.2) is 0 Å². The molecule has 0 N–H and O–H groups in total. The number of nitrogens with zero attached hydrogens (tertiary/aromatic N) is 3. The largest absolute Gasteiger partial charge is 0.309 e. The van der Waals surface area contributed by atoms with Crippen LogP contribution in [0.15, 0.2) is 116 Å². The van der Waals surface area contributed by atoms with Gasteiger partial charge >= 0.3 is 0 Å². The maximum absolute atomic E-state index is 4.55.